The summed E-state index contributed by atoms with van der Waals surface area (Å²) in [6.07, 6.45) is 1.51. The lowest BCUT2D eigenvalue weighted by molar-refractivity contribution is 0.258. The second kappa shape index (κ2) is 7.10. The van der Waals surface area contributed by atoms with Crippen LogP contribution in [0.2, 0.25) is 0 Å². The highest BCUT2D eigenvalue weighted by molar-refractivity contribution is 5.47. The predicted molar refractivity (Wildman–Crippen MR) is 67.7 cm³/mol. The van der Waals surface area contributed by atoms with E-state index >= 15 is 0 Å². The Morgan fingerprint density at radius 1 is 1.33 bits per heavy atom. The summed E-state index contributed by atoms with van der Waals surface area (Å²) in [6.45, 7) is 2.59. The van der Waals surface area contributed by atoms with Crippen molar-refractivity contribution in [3.63, 3.8) is 0 Å². The minimum atomic E-state index is -0.719. The molecular formula is C12H19F2N3O. The lowest BCUT2D eigenvalue weighted by Crippen LogP contribution is -2.17. The van der Waals surface area contributed by atoms with Crippen molar-refractivity contribution >= 4 is 11.6 Å². The fourth-order valence-corrected chi connectivity index (χ4v) is 1.64. The highest BCUT2D eigenvalue weighted by Crippen LogP contribution is 2.19. The third-order valence-corrected chi connectivity index (χ3v) is 2.84. The van der Waals surface area contributed by atoms with Gasteiger partial charge in [0.15, 0.2) is 23.3 Å². The number of rotatable bonds is 7. The maximum absolute atomic E-state index is 13.5. The Bertz CT molecular complexity index is 388. The molecular weight excluding hydrogens is 240 g/mol. The van der Waals surface area contributed by atoms with Crippen molar-refractivity contribution < 1.29 is 13.9 Å². The van der Waals surface area contributed by atoms with E-state index in [-0.39, 0.29) is 24.2 Å². The number of anilines is 2. The van der Waals surface area contributed by atoms with Crippen LogP contribution < -0.4 is 10.6 Å². The van der Waals surface area contributed by atoms with Crippen LogP contribution in [0.15, 0.2) is 6.07 Å². The minimum absolute atomic E-state index is 0.00843. The van der Waals surface area contributed by atoms with Crippen LogP contribution in [0.1, 0.15) is 19.8 Å². The molecule has 0 aliphatic carbocycles. The highest BCUT2D eigenvalue weighted by Gasteiger charge is 2.12. The zero-order chi connectivity index (χ0) is 13.5. The van der Waals surface area contributed by atoms with Crippen LogP contribution in [-0.4, -0.2) is 30.3 Å². The SMILES string of the molecule is CCC(CCO)CNc1nc(NC)c(F)cc1F. The van der Waals surface area contributed by atoms with Crippen molar-refractivity contribution in [2.75, 3.05) is 30.8 Å². The van der Waals surface area contributed by atoms with Crippen molar-refractivity contribution in [2.24, 2.45) is 5.92 Å². The molecule has 1 unspecified atom stereocenters. The molecule has 0 saturated heterocycles. The first kappa shape index (κ1) is 14.6. The first-order valence-corrected chi connectivity index (χ1v) is 6.00. The molecule has 0 spiro atoms. The van der Waals surface area contributed by atoms with Gasteiger partial charge in [-0.25, -0.2) is 13.8 Å². The van der Waals surface area contributed by atoms with Gasteiger partial charge in [-0.15, -0.1) is 0 Å². The van der Waals surface area contributed by atoms with Crippen molar-refractivity contribution in [3.8, 4) is 0 Å². The van der Waals surface area contributed by atoms with E-state index in [9.17, 15) is 8.78 Å². The summed E-state index contributed by atoms with van der Waals surface area (Å²) < 4.78 is 26.7. The molecule has 1 rings (SSSR count). The molecule has 1 atom stereocenters. The monoisotopic (exact) mass is 259 g/mol. The number of hydrogen-bond donors (Lipinski definition) is 3. The van der Waals surface area contributed by atoms with Crippen molar-refractivity contribution in [1.29, 1.82) is 0 Å². The first-order chi connectivity index (χ1) is 8.62. The van der Waals surface area contributed by atoms with E-state index in [1.54, 1.807) is 0 Å². The van der Waals surface area contributed by atoms with Crippen molar-refractivity contribution in [1.82, 2.24) is 4.98 Å². The third-order valence-electron chi connectivity index (χ3n) is 2.84. The van der Waals surface area contributed by atoms with E-state index < -0.39 is 11.6 Å². The Balaban J connectivity index is 2.72. The molecule has 18 heavy (non-hydrogen) atoms. The molecule has 4 nitrogen and oxygen atoms in total. The van der Waals surface area contributed by atoms with Gasteiger partial charge in [0.2, 0.25) is 0 Å². The summed E-state index contributed by atoms with van der Waals surface area (Å²) in [5.41, 5.74) is 0. The van der Waals surface area contributed by atoms with Crippen LogP contribution >= 0.6 is 0 Å². The minimum Gasteiger partial charge on any atom is -0.396 e. The normalized spacial score (nSPS) is 12.3. The van der Waals surface area contributed by atoms with Gasteiger partial charge in [0.05, 0.1) is 0 Å². The molecule has 1 heterocycles. The summed E-state index contributed by atoms with van der Waals surface area (Å²) >= 11 is 0. The Hall–Kier alpha value is -1.43. The lowest BCUT2D eigenvalue weighted by Gasteiger charge is -2.15. The summed E-state index contributed by atoms with van der Waals surface area (Å²) in [4.78, 5) is 3.82. The highest BCUT2D eigenvalue weighted by atomic mass is 19.1. The van der Waals surface area contributed by atoms with Crippen LogP contribution in [0.3, 0.4) is 0 Å². The molecule has 3 N–H and O–H groups in total. The van der Waals surface area contributed by atoms with Gasteiger partial charge >= 0.3 is 0 Å². The summed E-state index contributed by atoms with van der Waals surface area (Å²) in [7, 11) is 1.52. The summed E-state index contributed by atoms with van der Waals surface area (Å²) in [6, 6.07) is 0.800. The molecule has 0 radical (unpaired) electrons. The molecule has 0 amide bonds. The van der Waals surface area contributed by atoms with Gasteiger partial charge in [-0.05, 0) is 12.3 Å². The maximum atomic E-state index is 13.5. The number of aliphatic hydroxyl groups excluding tert-OH is 1. The second-order valence-electron chi connectivity index (χ2n) is 4.07. The van der Waals surface area contributed by atoms with Crippen LogP contribution in [0.5, 0.6) is 0 Å². The Morgan fingerprint density at radius 3 is 2.56 bits per heavy atom. The Labute approximate surface area is 105 Å². The molecule has 0 bridgehead atoms. The summed E-state index contributed by atoms with van der Waals surface area (Å²) in [5.74, 6) is -1.17. The van der Waals surface area contributed by atoms with Crippen LogP contribution in [0.25, 0.3) is 0 Å². The van der Waals surface area contributed by atoms with E-state index in [1.807, 2.05) is 6.92 Å². The first-order valence-electron chi connectivity index (χ1n) is 6.00. The second-order valence-corrected chi connectivity index (χ2v) is 4.07. The van der Waals surface area contributed by atoms with E-state index in [1.165, 1.54) is 7.05 Å². The number of aromatic nitrogens is 1. The molecule has 0 aliphatic rings. The quantitative estimate of drug-likeness (QED) is 0.703. The fraction of sp³-hybridized carbons (Fsp3) is 0.583. The van der Waals surface area contributed by atoms with E-state index in [0.717, 1.165) is 12.5 Å². The van der Waals surface area contributed by atoms with Gasteiger partial charge in [0.25, 0.3) is 0 Å². The van der Waals surface area contributed by atoms with Crippen LogP contribution in [-0.2, 0) is 0 Å². The van der Waals surface area contributed by atoms with Gasteiger partial charge < -0.3 is 15.7 Å². The smallest absolute Gasteiger partial charge is 0.168 e. The average molecular weight is 259 g/mol. The zero-order valence-corrected chi connectivity index (χ0v) is 10.6. The van der Waals surface area contributed by atoms with Crippen molar-refractivity contribution in [2.45, 2.75) is 19.8 Å². The van der Waals surface area contributed by atoms with Crippen LogP contribution in [0.4, 0.5) is 20.4 Å². The summed E-state index contributed by atoms with van der Waals surface area (Å²) in [5, 5.41) is 14.3. The molecule has 1 aromatic rings. The van der Waals surface area contributed by atoms with Gasteiger partial charge in [0, 0.05) is 26.3 Å². The van der Waals surface area contributed by atoms with Crippen molar-refractivity contribution in [3.05, 3.63) is 17.7 Å². The molecule has 0 aliphatic heterocycles. The third kappa shape index (κ3) is 3.80. The molecule has 0 saturated carbocycles. The predicted octanol–water partition coefficient (Wildman–Crippen LogP) is 2.22. The zero-order valence-electron chi connectivity index (χ0n) is 10.6. The fourth-order valence-electron chi connectivity index (χ4n) is 1.64. The van der Waals surface area contributed by atoms with Crippen LogP contribution in [0, 0.1) is 17.6 Å². The van der Waals surface area contributed by atoms with Gasteiger partial charge in [-0.3, -0.25) is 0 Å². The number of halogens is 2. The van der Waals surface area contributed by atoms with E-state index in [0.29, 0.717) is 13.0 Å². The Morgan fingerprint density at radius 2 is 2.00 bits per heavy atom. The van der Waals surface area contributed by atoms with E-state index in [4.69, 9.17) is 5.11 Å². The lowest BCUT2D eigenvalue weighted by atomic mass is 10.0. The van der Waals surface area contributed by atoms with Gasteiger partial charge in [0.1, 0.15) is 0 Å². The largest absolute Gasteiger partial charge is 0.396 e. The number of hydrogen-bond acceptors (Lipinski definition) is 4. The molecule has 0 fully saturated rings. The van der Waals surface area contributed by atoms with Gasteiger partial charge in [-0.2, -0.15) is 0 Å². The molecule has 6 heteroatoms. The maximum Gasteiger partial charge on any atom is 0.168 e. The standard InChI is InChI=1S/C12H19F2N3O/c1-3-8(4-5-18)7-16-12-10(14)6-9(13)11(15-2)17-12/h6,8,18H,3-5,7H2,1-2H3,(H2,15,16,17). The number of nitrogens with one attached hydrogen (secondary N) is 2. The Kier molecular flexibility index (Phi) is 5.77. The average Bonchev–Trinajstić information content (AvgIpc) is 2.36. The number of pyridine rings is 1. The molecule has 102 valence electrons. The molecule has 0 aromatic carbocycles. The topological polar surface area (TPSA) is 57.2 Å². The van der Waals surface area contributed by atoms with Gasteiger partial charge in [-0.1, -0.05) is 13.3 Å². The number of nitrogens with zero attached hydrogens (tertiary/aromatic N) is 1. The van der Waals surface area contributed by atoms with E-state index in [2.05, 4.69) is 15.6 Å². The molecule has 1 aromatic heterocycles. The number of aliphatic hydroxyl groups is 1.